The summed E-state index contributed by atoms with van der Waals surface area (Å²) in [4.78, 5) is 44.2. The molecule has 2 atom stereocenters. The Kier molecular flexibility index (Phi) is 4.62. The highest BCUT2D eigenvalue weighted by Gasteiger charge is 2.38. The first-order chi connectivity index (χ1) is 7.93. The number of carboxylic acids is 1. The van der Waals surface area contributed by atoms with E-state index in [4.69, 9.17) is 5.11 Å². The van der Waals surface area contributed by atoms with Crippen molar-refractivity contribution >= 4 is 39.6 Å². The average Bonchev–Trinajstić information content (AvgIpc) is 2.56. The number of carbonyl (C=O) groups excluding carboxylic acids is 3. The van der Waals surface area contributed by atoms with E-state index in [9.17, 15) is 19.2 Å². The van der Waals surface area contributed by atoms with Crippen LogP contribution in [0.15, 0.2) is 0 Å². The van der Waals surface area contributed by atoms with Crippen LogP contribution in [0.5, 0.6) is 0 Å². The number of hydrogen-bond acceptors (Lipinski definition) is 4. The number of carboxylic acid groups (broad SMARTS) is 1. The second-order valence-corrected chi connectivity index (χ2v) is 4.19. The minimum absolute atomic E-state index is 0.00536. The van der Waals surface area contributed by atoms with Gasteiger partial charge in [0.2, 0.25) is 17.7 Å². The third-order valence-electron chi connectivity index (χ3n) is 2.35. The summed E-state index contributed by atoms with van der Waals surface area (Å²) in [5, 5.41) is 13.2. The number of aliphatic carboxylic acids is 1. The molecule has 0 saturated carbocycles. The summed E-state index contributed by atoms with van der Waals surface area (Å²) >= 11 is 2.92. The summed E-state index contributed by atoms with van der Waals surface area (Å²) in [7, 11) is 0. The molecule has 0 aromatic heterocycles. The molecule has 0 spiro atoms. The van der Waals surface area contributed by atoms with Gasteiger partial charge in [-0.1, -0.05) is 15.9 Å². The minimum Gasteiger partial charge on any atom is -0.481 e. The van der Waals surface area contributed by atoms with Crippen LogP contribution in [0.1, 0.15) is 12.8 Å². The number of hydrogen-bond donors (Lipinski definition) is 3. The van der Waals surface area contributed by atoms with Crippen molar-refractivity contribution in [2.45, 2.75) is 18.9 Å². The van der Waals surface area contributed by atoms with Gasteiger partial charge in [-0.3, -0.25) is 24.5 Å². The summed E-state index contributed by atoms with van der Waals surface area (Å²) in [6, 6.07) is -0.871. The van der Waals surface area contributed by atoms with Gasteiger partial charge in [-0.15, -0.1) is 0 Å². The number of halogens is 1. The minimum atomic E-state index is -1.14. The number of nitrogens with one attached hydrogen (secondary N) is 2. The molecule has 0 bridgehead atoms. The van der Waals surface area contributed by atoms with Gasteiger partial charge in [-0.05, 0) is 0 Å². The molecule has 17 heavy (non-hydrogen) atoms. The Bertz CT molecular complexity index is 370. The highest BCUT2D eigenvalue weighted by atomic mass is 79.9. The molecule has 1 saturated heterocycles. The fourth-order valence-corrected chi connectivity index (χ4v) is 1.79. The Labute approximate surface area is 105 Å². The smallest absolute Gasteiger partial charge is 0.305 e. The topological polar surface area (TPSA) is 113 Å². The second kappa shape index (κ2) is 5.76. The Hall–Kier alpha value is -1.44. The average molecular weight is 307 g/mol. The molecule has 7 nitrogen and oxygen atoms in total. The van der Waals surface area contributed by atoms with Crippen molar-refractivity contribution in [3.63, 3.8) is 0 Å². The van der Waals surface area contributed by atoms with E-state index in [1.165, 1.54) is 0 Å². The first-order valence-electron chi connectivity index (χ1n) is 4.85. The Balaban J connectivity index is 2.75. The molecule has 1 aliphatic rings. The quantitative estimate of drug-likeness (QED) is 0.445. The molecule has 8 heteroatoms. The lowest BCUT2D eigenvalue weighted by Crippen LogP contribution is -2.44. The van der Waals surface area contributed by atoms with E-state index in [1.807, 2.05) is 0 Å². The van der Waals surface area contributed by atoms with E-state index in [1.54, 1.807) is 0 Å². The van der Waals surface area contributed by atoms with Crippen LogP contribution in [0.3, 0.4) is 0 Å². The Morgan fingerprint density at radius 2 is 2.18 bits per heavy atom. The van der Waals surface area contributed by atoms with Crippen molar-refractivity contribution < 1.29 is 24.3 Å². The van der Waals surface area contributed by atoms with Gasteiger partial charge in [-0.2, -0.15) is 0 Å². The predicted molar refractivity (Wildman–Crippen MR) is 59.2 cm³/mol. The molecular weight excluding hydrogens is 296 g/mol. The Morgan fingerprint density at radius 1 is 1.53 bits per heavy atom. The summed E-state index contributed by atoms with van der Waals surface area (Å²) in [6.07, 6.45) is -0.497. The van der Waals surface area contributed by atoms with Gasteiger partial charge in [0.25, 0.3) is 0 Å². The van der Waals surface area contributed by atoms with Crippen LogP contribution in [-0.4, -0.2) is 40.2 Å². The lowest BCUT2D eigenvalue weighted by atomic mass is 9.95. The van der Waals surface area contributed by atoms with E-state index >= 15 is 0 Å². The van der Waals surface area contributed by atoms with Crippen molar-refractivity contribution in [1.82, 2.24) is 10.6 Å². The monoisotopic (exact) mass is 306 g/mol. The highest BCUT2D eigenvalue weighted by molar-refractivity contribution is 9.09. The molecule has 0 radical (unpaired) electrons. The van der Waals surface area contributed by atoms with E-state index in [2.05, 4.69) is 26.6 Å². The third-order valence-corrected chi connectivity index (χ3v) is 2.86. The maximum absolute atomic E-state index is 11.4. The summed E-state index contributed by atoms with van der Waals surface area (Å²) in [5.41, 5.74) is 0. The number of rotatable bonds is 5. The predicted octanol–water partition coefficient (Wildman–Crippen LogP) is -0.996. The van der Waals surface area contributed by atoms with Crippen molar-refractivity contribution in [2.24, 2.45) is 5.92 Å². The van der Waals surface area contributed by atoms with E-state index in [0.717, 1.165) is 0 Å². The Morgan fingerprint density at radius 3 is 2.59 bits per heavy atom. The largest absolute Gasteiger partial charge is 0.481 e. The normalized spacial score (nSPS) is 20.9. The van der Waals surface area contributed by atoms with Gasteiger partial charge >= 0.3 is 5.97 Å². The van der Waals surface area contributed by atoms with Gasteiger partial charge in [0, 0.05) is 6.42 Å². The van der Waals surface area contributed by atoms with Gasteiger partial charge in [0.1, 0.15) is 0 Å². The molecule has 3 amide bonds. The lowest BCUT2D eigenvalue weighted by Gasteiger charge is -2.20. The van der Waals surface area contributed by atoms with Crippen LogP contribution >= 0.6 is 15.9 Å². The molecule has 1 fully saturated rings. The summed E-state index contributed by atoms with van der Waals surface area (Å²) in [6.45, 7) is 0. The molecule has 2 unspecified atom stereocenters. The first-order valence-corrected chi connectivity index (χ1v) is 5.97. The number of amides is 3. The molecule has 94 valence electrons. The first kappa shape index (κ1) is 13.6. The van der Waals surface area contributed by atoms with E-state index in [0.29, 0.717) is 0 Å². The van der Waals surface area contributed by atoms with Gasteiger partial charge in [0.05, 0.1) is 23.7 Å². The molecule has 1 aliphatic heterocycles. The number of imide groups is 1. The number of carbonyl (C=O) groups is 4. The fourth-order valence-electron chi connectivity index (χ4n) is 1.63. The zero-order valence-corrected chi connectivity index (χ0v) is 10.3. The number of alkyl halides is 1. The zero-order valence-electron chi connectivity index (χ0n) is 8.73. The maximum atomic E-state index is 11.4. The molecule has 1 rings (SSSR count). The fraction of sp³-hybridized carbons (Fsp3) is 0.556. The molecule has 3 N–H and O–H groups in total. The van der Waals surface area contributed by atoms with Gasteiger partial charge in [0.15, 0.2) is 0 Å². The third kappa shape index (κ3) is 3.81. The van der Waals surface area contributed by atoms with Crippen molar-refractivity contribution in [2.75, 3.05) is 5.33 Å². The second-order valence-electron chi connectivity index (χ2n) is 3.63. The molecule has 0 aromatic rings. The maximum Gasteiger partial charge on any atom is 0.305 e. The molecule has 0 aliphatic carbocycles. The van der Waals surface area contributed by atoms with Crippen LogP contribution in [0.25, 0.3) is 0 Å². The standard InChI is InChI=1S/C9H11BrN2O5/c10-3-7(14)11-5(2-8(15)16)4-1-6(13)12-9(4)17/h4-5H,1-3H2,(H,11,14)(H,15,16)(H,12,13,17). The van der Waals surface area contributed by atoms with Crippen LogP contribution in [0.4, 0.5) is 0 Å². The highest BCUT2D eigenvalue weighted by Crippen LogP contribution is 2.18. The lowest BCUT2D eigenvalue weighted by molar-refractivity contribution is -0.138. The van der Waals surface area contributed by atoms with Crippen LogP contribution < -0.4 is 10.6 Å². The van der Waals surface area contributed by atoms with Gasteiger partial charge < -0.3 is 10.4 Å². The summed E-state index contributed by atoms with van der Waals surface area (Å²) < 4.78 is 0. The van der Waals surface area contributed by atoms with Crippen molar-refractivity contribution in [1.29, 1.82) is 0 Å². The molecular formula is C9H11BrN2O5. The SMILES string of the molecule is O=C(O)CC(NC(=O)CBr)C1CC(=O)NC1=O. The zero-order chi connectivity index (χ0) is 13.0. The molecule has 1 heterocycles. The van der Waals surface area contributed by atoms with E-state index < -0.39 is 42.1 Å². The molecule has 0 aromatic carbocycles. The van der Waals surface area contributed by atoms with Gasteiger partial charge in [-0.25, -0.2) is 0 Å². The van der Waals surface area contributed by atoms with Crippen molar-refractivity contribution in [3.8, 4) is 0 Å². The van der Waals surface area contributed by atoms with Crippen LogP contribution in [0.2, 0.25) is 0 Å². The van der Waals surface area contributed by atoms with Crippen LogP contribution in [-0.2, 0) is 19.2 Å². The van der Waals surface area contributed by atoms with Crippen LogP contribution in [0, 0.1) is 5.92 Å². The van der Waals surface area contributed by atoms with Crippen molar-refractivity contribution in [3.05, 3.63) is 0 Å². The summed E-state index contributed by atoms with van der Waals surface area (Å²) in [5.74, 6) is -3.39. The van der Waals surface area contributed by atoms with E-state index in [-0.39, 0.29) is 11.8 Å².